The van der Waals surface area contributed by atoms with Gasteiger partial charge in [-0.05, 0) is 24.9 Å². The summed E-state index contributed by atoms with van der Waals surface area (Å²) in [5, 5.41) is 6.91. The Kier molecular flexibility index (Phi) is 4.62. The molecule has 0 saturated carbocycles. The average Bonchev–Trinajstić information content (AvgIpc) is 2.96. The summed E-state index contributed by atoms with van der Waals surface area (Å²) >= 11 is 1.56. The van der Waals surface area contributed by atoms with E-state index < -0.39 is 0 Å². The van der Waals surface area contributed by atoms with Gasteiger partial charge in [-0.15, -0.1) is 11.3 Å². The fraction of sp³-hybridized carbons (Fsp3) is 0.375. The molecule has 2 N–H and O–H groups in total. The zero-order valence-corrected chi connectivity index (χ0v) is 12.7. The van der Waals surface area contributed by atoms with Gasteiger partial charge in [0, 0.05) is 24.0 Å². The van der Waals surface area contributed by atoms with Crippen LogP contribution in [0.5, 0.6) is 0 Å². The van der Waals surface area contributed by atoms with E-state index in [4.69, 9.17) is 0 Å². The predicted octanol–water partition coefficient (Wildman–Crippen LogP) is 2.67. The van der Waals surface area contributed by atoms with Crippen molar-refractivity contribution >= 4 is 22.4 Å². The molecule has 2 aromatic rings. The minimum absolute atomic E-state index is 0.0697. The van der Waals surface area contributed by atoms with Crippen molar-refractivity contribution in [3.63, 3.8) is 0 Å². The Hall–Kier alpha value is -1.72. The lowest BCUT2D eigenvalue weighted by Crippen LogP contribution is -2.37. The second kappa shape index (κ2) is 6.83. The number of hydrogen-bond acceptors (Lipinski definition) is 4. The highest BCUT2D eigenvalue weighted by molar-refractivity contribution is 7.15. The van der Waals surface area contributed by atoms with Crippen molar-refractivity contribution in [2.24, 2.45) is 5.92 Å². The highest BCUT2D eigenvalue weighted by Gasteiger charge is 2.21. The van der Waals surface area contributed by atoms with Crippen LogP contribution in [0.3, 0.4) is 0 Å². The van der Waals surface area contributed by atoms with Crippen LogP contribution < -0.4 is 10.6 Å². The molecule has 1 amide bonds. The molecule has 2 heterocycles. The summed E-state index contributed by atoms with van der Waals surface area (Å²) in [5.41, 5.74) is 1.26. The summed E-state index contributed by atoms with van der Waals surface area (Å²) in [4.78, 5) is 17.6. The van der Waals surface area contributed by atoms with Gasteiger partial charge in [0.15, 0.2) is 5.13 Å². The third-order valence-electron chi connectivity index (χ3n) is 3.67. The third kappa shape index (κ3) is 3.89. The highest BCUT2D eigenvalue weighted by atomic mass is 32.1. The molecule has 0 spiro atoms. The van der Waals surface area contributed by atoms with E-state index in [-0.39, 0.29) is 11.8 Å². The predicted molar refractivity (Wildman–Crippen MR) is 85.6 cm³/mol. The first-order valence-corrected chi connectivity index (χ1v) is 8.13. The molecule has 4 nitrogen and oxygen atoms in total. The van der Waals surface area contributed by atoms with Crippen LogP contribution in [0.4, 0.5) is 5.13 Å². The molecule has 1 unspecified atom stereocenters. The first-order valence-electron chi connectivity index (χ1n) is 7.31. The Labute approximate surface area is 128 Å². The first kappa shape index (κ1) is 14.2. The number of carbonyl (C=O) groups is 1. The zero-order chi connectivity index (χ0) is 14.5. The Morgan fingerprint density at radius 1 is 1.38 bits per heavy atom. The number of amides is 1. The maximum atomic E-state index is 12.2. The summed E-state index contributed by atoms with van der Waals surface area (Å²) < 4.78 is 0. The van der Waals surface area contributed by atoms with Gasteiger partial charge in [0.05, 0.1) is 5.92 Å². The zero-order valence-electron chi connectivity index (χ0n) is 11.8. The number of aromatic nitrogens is 1. The second-order valence-electron chi connectivity index (χ2n) is 5.33. The maximum Gasteiger partial charge on any atom is 0.230 e. The van der Waals surface area contributed by atoms with Crippen molar-refractivity contribution in [1.29, 1.82) is 0 Å². The lowest BCUT2D eigenvalue weighted by Gasteiger charge is -2.21. The fourth-order valence-corrected chi connectivity index (χ4v) is 3.38. The van der Waals surface area contributed by atoms with Crippen LogP contribution >= 0.6 is 11.3 Å². The molecular formula is C16H19N3OS. The van der Waals surface area contributed by atoms with E-state index in [0.29, 0.717) is 5.13 Å². The van der Waals surface area contributed by atoms with Crippen LogP contribution in [0, 0.1) is 5.92 Å². The van der Waals surface area contributed by atoms with E-state index in [0.717, 1.165) is 32.4 Å². The molecule has 0 aliphatic carbocycles. The van der Waals surface area contributed by atoms with Gasteiger partial charge >= 0.3 is 0 Å². The van der Waals surface area contributed by atoms with Crippen LogP contribution in [-0.4, -0.2) is 24.0 Å². The fourth-order valence-electron chi connectivity index (χ4n) is 2.53. The Morgan fingerprint density at radius 3 is 3.00 bits per heavy atom. The van der Waals surface area contributed by atoms with E-state index in [9.17, 15) is 4.79 Å². The third-order valence-corrected chi connectivity index (χ3v) is 4.59. The molecule has 110 valence electrons. The van der Waals surface area contributed by atoms with Crippen molar-refractivity contribution < 1.29 is 4.79 Å². The second-order valence-corrected chi connectivity index (χ2v) is 6.44. The van der Waals surface area contributed by atoms with E-state index in [1.165, 1.54) is 10.4 Å². The minimum atomic E-state index is 0.0697. The standard InChI is InChI=1S/C16H19N3OS/c20-15(13-7-4-8-17-10-13)19-16-18-11-14(21-16)9-12-5-2-1-3-6-12/h1-3,5-6,11,13,17H,4,7-10H2,(H,18,19,20). The quantitative estimate of drug-likeness (QED) is 0.913. The molecule has 1 atom stereocenters. The Bertz CT molecular complexity index is 591. The smallest absolute Gasteiger partial charge is 0.230 e. The number of thiazole rings is 1. The number of nitrogens with zero attached hydrogens (tertiary/aromatic N) is 1. The van der Waals surface area contributed by atoms with Gasteiger partial charge in [0.25, 0.3) is 0 Å². The molecule has 5 heteroatoms. The molecule has 1 aromatic carbocycles. The van der Waals surface area contributed by atoms with Crippen LogP contribution in [0.25, 0.3) is 0 Å². The molecular weight excluding hydrogens is 282 g/mol. The van der Waals surface area contributed by atoms with Crippen LogP contribution in [-0.2, 0) is 11.2 Å². The number of piperidine rings is 1. The SMILES string of the molecule is O=C(Nc1ncc(Cc2ccccc2)s1)C1CCCNC1. The van der Waals surface area contributed by atoms with Crippen LogP contribution in [0.15, 0.2) is 36.5 Å². The van der Waals surface area contributed by atoms with Crippen LogP contribution in [0.1, 0.15) is 23.3 Å². The van der Waals surface area contributed by atoms with Gasteiger partial charge in [-0.2, -0.15) is 0 Å². The largest absolute Gasteiger partial charge is 0.316 e. The Morgan fingerprint density at radius 2 is 2.24 bits per heavy atom. The number of rotatable bonds is 4. The average molecular weight is 301 g/mol. The Balaban J connectivity index is 1.58. The molecule has 0 bridgehead atoms. The normalized spacial score (nSPS) is 18.4. The maximum absolute atomic E-state index is 12.2. The van der Waals surface area contributed by atoms with Gasteiger partial charge in [0.1, 0.15) is 0 Å². The van der Waals surface area contributed by atoms with E-state index in [1.54, 1.807) is 11.3 Å². The summed E-state index contributed by atoms with van der Waals surface area (Å²) in [7, 11) is 0. The van der Waals surface area contributed by atoms with Gasteiger partial charge in [-0.1, -0.05) is 30.3 Å². The van der Waals surface area contributed by atoms with Crippen molar-refractivity contribution in [1.82, 2.24) is 10.3 Å². The number of hydrogen-bond donors (Lipinski definition) is 2. The molecule has 1 saturated heterocycles. The highest BCUT2D eigenvalue weighted by Crippen LogP contribution is 2.22. The van der Waals surface area contributed by atoms with Gasteiger partial charge in [0.2, 0.25) is 5.91 Å². The molecule has 1 aliphatic heterocycles. The van der Waals surface area contributed by atoms with Crippen LogP contribution in [0.2, 0.25) is 0 Å². The summed E-state index contributed by atoms with van der Waals surface area (Å²) in [6.07, 6.45) is 4.74. The van der Waals surface area contributed by atoms with Gasteiger partial charge in [-0.25, -0.2) is 4.98 Å². The lowest BCUT2D eigenvalue weighted by molar-refractivity contribution is -0.120. The minimum Gasteiger partial charge on any atom is -0.316 e. The molecule has 1 aliphatic rings. The molecule has 1 aromatic heterocycles. The number of carbonyl (C=O) groups excluding carboxylic acids is 1. The van der Waals surface area contributed by atoms with E-state index in [2.05, 4.69) is 27.8 Å². The number of anilines is 1. The lowest BCUT2D eigenvalue weighted by atomic mass is 9.99. The van der Waals surface area contributed by atoms with Crippen molar-refractivity contribution in [2.45, 2.75) is 19.3 Å². The topological polar surface area (TPSA) is 54.0 Å². The molecule has 21 heavy (non-hydrogen) atoms. The summed E-state index contributed by atoms with van der Waals surface area (Å²) in [5.74, 6) is 0.156. The van der Waals surface area contributed by atoms with E-state index in [1.807, 2.05) is 24.4 Å². The summed E-state index contributed by atoms with van der Waals surface area (Å²) in [6.45, 7) is 1.79. The van der Waals surface area contributed by atoms with Crippen molar-refractivity contribution in [2.75, 3.05) is 18.4 Å². The number of benzene rings is 1. The first-order chi connectivity index (χ1) is 10.3. The van der Waals surface area contributed by atoms with Crippen molar-refractivity contribution in [3.8, 4) is 0 Å². The van der Waals surface area contributed by atoms with Gasteiger partial charge in [-0.3, -0.25) is 4.79 Å². The summed E-state index contributed by atoms with van der Waals surface area (Å²) in [6, 6.07) is 10.3. The number of nitrogens with one attached hydrogen (secondary N) is 2. The van der Waals surface area contributed by atoms with Gasteiger partial charge < -0.3 is 10.6 Å². The monoisotopic (exact) mass is 301 g/mol. The molecule has 3 rings (SSSR count). The van der Waals surface area contributed by atoms with E-state index >= 15 is 0 Å². The molecule has 0 radical (unpaired) electrons. The molecule has 1 fully saturated rings. The van der Waals surface area contributed by atoms with Crippen molar-refractivity contribution in [3.05, 3.63) is 47.0 Å².